The van der Waals surface area contributed by atoms with E-state index in [1.165, 1.54) is 18.3 Å². The van der Waals surface area contributed by atoms with E-state index in [0.717, 1.165) is 18.2 Å². The standard InChI is InChI=1S/C15H14F2N2O3S/c1-15(22,12-3-2-6-23-12)8-18-13(20)14(21)19-11-7-9(16)4-5-10(11)17/h2-7,22H,8H2,1H3,(H,18,20)(H,19,21). The first kappa shape index (κ1) is 17.0. The molecule has 2 amide bonds. The summed E-state index contributed by atoms with van der Waals surface area (Å²) in [5.74, 6) is -3.83. The van der Waals surface area contributed by atoms with Gasteiger partial charge in [0.2, 0.25) is 0 Å². The van der Waals surface area contributed by atoms with Crippen LogP contribution >= 0.6 is 11.3 Å². The van der Waals surface area contributed by atoms with Crippen LogP contribution in [0.5, 0.6) is 0 Å². The van der Waals surface area contributed by atoms with Crippen molar-refractivity contribution in [2.45, 2.75) is 12.5 Å². The molecule has 122 valence electrons. The fourth-order valence-corrected chi connectivity index (χ4v) is 2.56. The molecule has 0 radical (unpaired) electrons. The van der Waals surface area contributed by atoms with Crippen LogP contribution in [-0.2, 0) is 15.2 Å². The summed E-state index contributed by atoms with van der Waals surface area (Å²) >= 11 is 1.30. The van der Waals surface area contributed by atoms with E-state index in [0.29, 0.717) is 4.88 Å². The van der Waals surface area contributed by atoms with Crippen LogP contribution < -0.4 is 10.6 Å². The van der Waals surface area contributed by atoms with Gasteiger partial charge >= 0.3 is 11.8 Å². The minimum Gasteiger partial charge on any atom is -0.383 e. The Balaban J connectivity index is 1.95. The average molecular weight is 340 g/mol. The molecule has 1 heterocycles. The number of benzene rings is 1. The SMILES string of the molecule is CC(O)(CNC(=O)C(=O)Nc1cc(F)ccc1F)c1cccs1. The van der Waals surface area contributed by atoms with Gasteiger partial charge < -0.3 is 15.7 Å². The highest BCUT2D eigenvalue weighted by Crippen LogP contribution is 2.24. The van der Waals surface area contributed by atoms with Crippen LogP contribution in [-0.4, -0.2) is 23.5 Å². The van der Waals surface area contributed by atoms with Crippen molar-refractivity contribution in [2.24, 2.45) is 0 Å². The van der Waals surface area contributed by atoms with E-state index in [1.54, 1.807) is 17.5 Å². The minimum absolute atomic E-state index is 0.203. The first-order chi connectivity index (χ1) is 10.8. The third kappa shape index (κ3) is 4.33. The maximum Gasteiger partial charge on any atom is 0.313 e. The summed E-state index contributed by atoms with van der Waals surface area (Å²) in [6.45, 7) is 1.29. The Hall–Kier alpha value is -2.32. The van der Waals surface area contributed by atoms with Crippen LogP contribution in [0.15, 0.2) is 35.7 Å². The molecule has 0 aliphatic rings. The monoisotopic (exact) mass is 340 g/mol. The molecule has 0 aliphatic heterocycles. The Kier molecular flexibility index (Phi) is 5.07. The first-order valence-corrected chi connectivity index (χ1v) is 7.48. The van der Waals surface area contributed by atoms with Gasteiger partial charge in [-0.3, -0.25) is 9.59 Å². The Bertz CT molecular complexity index is 718. The van der Waals surface area contributed by atoms with Gasteiger partial charge in [0.05, 0.1) is 12.2 Å². The van der Waals surface area contributed by atoms with Crippen LogP contribution in [0.3, 0.4) is 0 Å². The highest BCUT2D eigenvalue weighted by Gasteiger charge is 2.26. The number of hydrogen-bond acceptors (Lipinski definition) is 4. The fraction of sp³-hybridized carbons (Fsp3) is 0.200. The molecule has 0 spiro atoms. The number of rotatable bonds is 4. The number of amides is 2. The molecule has 3 N–H and O–H groups in total. The zero-order valence-electron chi connectivity index (χ0n) is 12.1. The molecule has 0 fully saturated rings. The zero-order chi connectivity index (χ0) is 17.0. The van der Waals surface area contributed by atoms with E-state index < -0.39 is 34.7 Å². The molecule has 1 aromatic heterocycles. The summed E-state index contributed by atoms with van der Waals surface area (Å²) in [5, 5.41) is 16.2. The first-order valence-electron chi connectivity index (χ1n) is 6.60. The molecular formula is C15H14F2N2O3S. The smallest absolute Gasteiger partial charge is 0.313 e. The Labute approximate surface area is 135 Å². The number of anilines is 1. The number of thiophene rings is 1. The summed E-state index contributed by atoms with van der Waals surface area (Å²) in [6, 6.07) is 5.94. The fourth-order valence-electron chi connectivity index (χ4n) is 1.78. The van der Waals surface area contributed by atoms with Gasteiger partial charge in [0.15, 0.2) is 0 Å². The van der Waals surface area contributed by atoms with Gasteiger partial charge in [-0.2, -0.15) is 0 Å². The van der Waals surface area contributed by atoms with Crippen molar-refractivity contribution in [3.8, 4) is 0 Å². The molecule has 0 bridgehead atoms. The summed E-state index contributed by atoms with van der Waals surface area (Å²) in [4.78, 5) is 24.0. The van der Waals surface area contributed by atoms with Crippen molar-refractivity contribution in [1.29, 1.82) is 0 Å². The minimum atomic E-state index is -1.34. The Morgan fingerprint density at radius 2 is 2.00 bits per heavy atom. The van der Waals surface area contributed by atoms with Crippen molar-refractivity contribution >= 4 is 28.8 Å². The van der Waals surface area contributed by atoms with Crippen LogP contribution in [0, 0.1) is 11.6 Å². The van der Waals surface area contributed by atoms with Gasteiger partial charge in [0, 0.05) is 10.9 Å². The topological polar surface area (TPSA) is 78.4 Å². The lowest BCUT2D eigenvalue weighted by molar-refractivity contribution is -0.136. The number of nitrogens with one attached hydrogen (secondary N) is 2. The summed E-state index contributed by atoms with van der Waals surface area (Å²) in [7, 11) is 0. The van der Waals surface area contributed by atoms with Crippen molar-refractivity contribution in [3.63, 3.8) is 0 Å². The van der Waals surface area contributed by atoms with Gasteiger partial charge in [-0.15, -0.1) is 11.3 Å². The number of halogens is 2. The lowest BCUT2D eigenvalue weighted by Gasteiger charge is -2.22. The Morgan fingerprint density at radius 1 is 1.26 bits per heavy atom. The normalized spacial score (nSPS) is 13.2. The third-order valence-corrected chi connectivity index (χ3v) is 4.15. The molecule has 2 aromatic rings. The lowest BCUT2D eigenvalue weighted by atomic mass is 10.1. The molecule has 1 atom stereocenters. The van der Waals surface area contributed by atoms with E-state index in [2.05, 4.69) is 5.32 Å². The average Bonchev–Trinajstić information content (AvgIpc) is 3.03. The number of carbonyl (C=O) groups excluding carboxylic acids is 2. The van der Waals surface area contributed by atoms with Crippen LogP contribution in [0.4, 0.5) is 14.5 Å². The quantitative estimate of drug-likeness (QED) is 0.745. The summed E-state index contributed by atoms with van der Waals surface area (Å²) in [5.41, 5.74) is -1.77. The molecule has 0 saturated heterocycles. The van der Waals surface area contributed by atoms with E-state index in [1.807, 2.05) is 5.32 Å². The maximum absolute atomic E-state index is 13.4. The number of aliphatic hydroxyl groups is 1. The number of hydrogen-bond donors (Lipinski definition) is 3. The van der Waals surface area contributed by atoms with Crippen molar-refractivity contribution < 1.29 is 23.5 Å². The van der Waals surface area contributed by atoms with Gasteiger partial charge in [-0.25, -0.2) is 8.78 Å². The van der Waals surface area contributed by atoms with Gasteiger partial charge in [0.25, 0.3) is 0 Å². The van der Waals surface area contributed by atoms with Gasteiger partial charge in [0.1, 0.15) is 17.2 Å². The van der Waals surface area contributed by atoms with Crippen molar-refractivity contribution in [1.82, 2.24) is 5.32 Å². The maximum atomic E-state index is 13.4. The van der Waals surface area contributed by atoms with Crippen molar-refractivity contribution in [3.05, 3.63) is 52.2 Å². The summed E-state index contributed by atoms with van der Waals surface area (Å²) < 4.78 is 26.4. The molecule has 8 heteroatoms. The molecule has 0 aliphatic carbocycles. The predicted octanol–water partition coefficient (Wildman–Crippen LogP) is 1.99. The van der Waals surface area contributed by atoms with E-state index in [9.17, 15) is 23.5 Å². The predicted molar refractivity (Wildman–Crippen MR) is 81.9 cm³/mol. The lowest BCUT2D eigenvalue weighted by Crippen LogP contribution is -2.43. The molecule has 5 nitrogen and oxygen atoms in total. The molecule has 1 aromatic carbocycles. The van der Waals surface area contributed by atoms with Crippen LogP contribution in [0.1, 0.15) is 11.8 Å². The van der Waals surface area contributed by atoms with Gasteiger partial charge in [-0.1, -0.05) is 6.07 Å². The van der Waals surface area contributed by atoms with E-state index in [4.69, 9.17) is 0 Å². The second kappa shape index (κ2) is 6.84. The largest absolute Gasteiger partial charge is 0.383 e. The van der Waals surface area contributed by atoms with Gasteiger partial charge in [-0.05, 0) is 30.5 Å². The molecular weight excluding hydrogens is 326 g/mol. The summed E-state index contributed by atoms with van der Waals surface area (Å²) in [6.07, 6.45) is 0. The second-order valence-electron chi connectivity index (χ2n) is 5.01. The van der Waals surface area contributed by atoms with E-state index in [-0.39, 0.29) is 6.54 Å². The highest BCUT2D eigenvalue weighted by molar-refractivity contribution is 7.10. The third-order valence-electron chi connectivity index (χ3n) is 3.03. The molecule has 1 unspecified atom stereocenters. The molecule has 23 heavy (non-hydrogen) atoms. The Morgan fingerprint density at radius 3 is 2.65 bits per heavy atom. The van der Waals surface area contributed by atoms with Crippen LogP contribution in [0.25, 0.3) is 0 Å². The zero-order valence-corrected chi connectivity index (χ0v) is 12.9. The molecule has 2 rings (SSSR count). The second-order valence-corrected chi connectivity index (χ2v) is 5.96. The number of carbonyl (C=O) groups is 2. The highest BCUT2D eigenvalue weighted by atomic mass is 32.1. The van der Waals surface area contributed by atoms with Crippen LogP contribution in [0.2, 0.25) is 0 Å². The van der Waals surface area contributed by atoms with Crippen molar-refractivity contribution in [2.75, 3.05) is 11.9 Å². The molecule has 0 saturated carbocycles. The van der Waals surface area contributed by atoms with E-state index >= 15 is 0 Å².